The van der Waals surface area contributed by atoms with Gasteiger partial charge in [-0.15, -0.1) is 11.8 Å². The Kier molecular flexibility index (Phi) is 6.55. The van der Waals surface area contributed by atoms with Crippen LogP contribution in [0.1, 0.15) is 18.5 Å². The Morgan fingerprint density at radius 2 is 1.95 bits per heavy atom. The van der Waals surface area contributed by atoms with E-state index >= 15 is 0 Å². The van der Waals surface area contributed by atoms with Crippen LogP contribution in [0.3, 0.4) is 0 Å². The van der Waals surface area contributed by atoms with E-state index in [1.54, 1.807) is 17.8 Å². The number of rotatable bonds is 6. The molecule has 112 valence electrons. The van der Waals surface area contributed by atoms with Crippen LogP contribution < -0.4 is 5.32 Å². The van der Waals surface area contributed by atoms with Crippen LogP contribution in [-0.4, -0.2) is 12.3 Å². The lowest BCUT2D eigenvalue weighted by Crippen LogP contribution is -2.24. The maximum absolute atomic E-state index is 14.0. The fourth-order valence-corrected chi connectivity index (χ4v) is 3.49. The molecule has 0 amide bonds. The second kappa shape index (κ2) is 8.18. The number of thioether (sulfide) groups is 1. The smallest absolute Gasteiger partial charge is 0.128 e. The highest BCUT2D eigenvalue weighted by molar-refractivity contribution is 9.10. The highest BCUT2D eigenvalue weighted by Gasteiger charge is 2.15. The van der Waals surface area contributed by atoms with Crippen molar-refractivity contribution in [3.63, 3.8) is 0 Å². The molecule has 1 atom stereocenters. The van der Waals surface area contributed by atoms with Crippen LogP contribution in [-0.2, 0) is 0 Å². The minimum atomic E-state index is -0.180. The molecule has 0 radical (unpaired) electrons. The first-order valence-electron chi connectivity index (χ1n) is 6.67. The van der Waals surface area contributed by atoms with Gasteiger partial charge in [0.15, 0.2) is 0 Å². The largest absolute Gasteiger partial charge is 0.309 e. The zero-order valence-electron chi connectivity index (χ0n) is 11.6. The summed E-state index contributed by atoms with van der Waals surface area (Å²) in [4.78, 5) is 1.12. The molecule has 1 unspecified atom stereocenters. The molecule has 5 heteroatoms. The SMILES string of the molecule is CCNC(CSc1ccc(Cl)cc1)c1cc(Br)ccc1F. The molecular weight excluding hydrogens is 373 g/mol. The first kappa shape index (κ1) is 16.8. The van der Waals surface area contributed by atoms with Crippen LogP contribution in [0.15, 0.2) is 51.8 Å². The lowest BCUT2D eigenvalue weighted by molar-refractivity contribution is 0.545. The number of halogens is 3. The first-order valence-corrected chi connectivity index (χ1v) is 8.82. The Hall–Kier alpha value is -0.550. The molecule has 0 aliphatic rings. The molecule has 1 N–H and O–H groups in total. The summed E-state index contributed by atoms with van der Waals surface area (Å²) in [7, 11) is 0. The third-order valence-electron chi connectivity index (χ3n) is 3.01. The van der Waals surface area contributed by atoms with Gasteiger partial charge in [-0.05, 0) is 49.0 Å². The number of nitrogens with one attached hydrogen (secondary N) is 1. The van der Waals surface area contributed by atoms with E-state index in [0.717, 1.165) is 26.7 Å². The number of hydrogen-bond donors (Lipinski definition) is 1. The minimum Gasteiger partial charge on any atom is -0.309 e. The Balaban J connectivity index is 2.11. The van der Waals surface area contributed by atoms with E-state index in [4.69, 9.17) is 11.6 Å². The zero-order chi connectivity index (χ0) is 15.2. The van der Waals surface area contributed by atoms with E-state index in [9.17, 15) is 4.39 Å². The van der Waals surface area contributed by atoms with Gasteiger partial charge in [0.1, 0.15) is 5.82 Å². The van der Waals surface area contributed by atoms with E-state index in [2.05, 4.69) is 21.2 Å². The molecule has 2 aromatic rings. The average Bonchev–Trinajstić information content (AvgIpc) is 2.48. The molecule has 21 heavy (non-hydrogen) atoms. The maximum Gasteiger partial charge on any atom is 0.128 e. The third kappa shape index (κ3) is 4.99. The fraction of sp³-hybridized carbons (Fsp3) is 0.250. The highest BCUT2D eigenvalue weighted by Crippen LogP contribution is 2.28. The van der Waals surface area contributed by atoms with Gasteiger partial charge in [-0.1, -0.05) is 34.5 Å². The molecule has 0 saturated carbocycles. The van der Waals surface area contributed by atoms with E-state index < -0.39 is 0 Å². The molecule has 0 aliphatic carbocycles. The Morgan fingerprint density at radius 3 is 2.62 bits per heavy atom. The summed E-state index contributed by atoms with van der Waals surface area (Å²) in [5.41, 5.74) is 0.688. The molecule has 0 saturated heterocycles. The zero-order valence-corrected chi connectivity index (χ0v) is 14.7. The summed E-state index contributed by atoms with van der Waals surface area (Å²) in [6.45, 7) is 2.81. The van der Waals surface area contributed by atoms with Crippen LogP contribution in [0, 0.1) is 5.82 Å². The highest BCUT2D eigenvalue weighted by atomic mass is 79.9. The van der Waals surface area contributed by atoms with Gasteiger partial charge in [0, 0.05) is 31.7 Å². The van der Waals surface area contributed by atoms with Gasteiger partial charge in [-0.2, -0.15) is 0 Å². The van der Waals surface area contributed by atoms with Gasteiger partial charge in [-0.25, -0.2) is 4.39 Å². The van der Waals surface area contributed by atoms with E-state index in [0.29, 0.717) is 5.56 Å². The van der Waals surface area contributed by atoms with Crippen molar-refractivity contribution in [2.75, 3.05) is 12.3 Å². The van der Waals surface area contributed by atoms with Gasteiger partial charge < -0.3 is 5.32 Å². The molecule has 0 fully saturated rings. The number of benzene rings is 2. The lowest BCUT2D eigenvalue weighted by atomic mass is 10.1. The van der Waals surface area contributed by atoms with Crippen molar-refractivity contribution in [2.45, 2.75) is 17.9 Å². The van der Waals surface area contributed by atoms with Crippen molar-refractivity contribution in [1.82, 2.24) is 5.32 Å². The topological polar surface area (TPSA) is 12.0 Å². The van der Waals surface area contributed by atoms with Gasteiger partial charge in [0.05, 0.1) is 0 Å². The predicted octanol–water partition coefficient (Wildman–Crippen LogP) is 5.68. The van der Waals surface area contributed by atoms with Gasteiger partial charge in [-0.3, -0.25) is 0 Å². The predicted molar refractivity (Wildman–Crippen MR) is 92.7 cm³/mol. The van der Waals surface area contributed by atoms with Crippen molar-refractivity contribution in [3.8, 4) is 0 Å². The molecule has 0 aliphatic heterocycles. The maximum atomic E-state index is 14.0. The molecule has 2 aromatic carbocycles. The van der Waals surface area contributed by atoms with Crippen molar-refractivity contribution in [2.24, 2.45) is 0 Å². The molecule has 2 rings (SSSR count). The fourth-order valence-electron chi connectivity index (χ4n) is 2.00. The van der Waals surface area contributed by atoms with Gasteiger partial charge in [0.2, 0.25) is 0 Å². The van der Waals surface area contributed by atoms with E-state index in [-0.39, 0.29) is 11.9 Å². The van der Waals surface area contributed by atoms with Crippen molar-refractivity contribution in [1.29, 1.82) is 0 Å². The molecule has 0 heterocycles. The third-order valence-corrected chi connectivity index (χ3v) is 4.87. The lowest BCUT2D eigenvalue weighted by Gasteiger charge is -2.19. The van der Waals surface area contributed by atoms with Crippen LogP contribution >= 0.6 is 39.3 Å². The summed E-state index contributed by atoms with van der Waals surface area (Å²) < 4.78 is 14.9. The number of hydrogen-bond acceptors (Lipinski definition) is 2. The van der Waals surface area contributed by atoms with Crippen LogP contribution in [0.5, 0.6) is 0 Å². The van der Waals surface area contributed by atoms with E-state index in [1.165, 1.54) is 6.07 Å². The molecule has 0 bridgehead atoms. The Morgan fingerprint density at radius 1 is 1.24 bits per heavy atom. The second-order valence-electron chi connectivity index (χ2n) is 4.54. The van der Waals surface area contributed by atoms with Crippen LogP contribution in [0.2, 0.25) is 5.02 Å². The Bertz CT molecular complexity index is 591. The molecule has 1 nitrogen and oxygen atoms in total. The van der Waals surface area contributed by atoms with Crippen molar-refractivity contribution in [3.05, 3.63) is 63.3 Å². The average molecular weight is 389 g/mol. The van der Waals surface area contributed by atoms with E-state index in [1.807, 2.05) is 37.3 Å². The normalized spacial score (nSPS) is 12.4. The quantitative estimate of drug-likeness (QED) is 0.638. The summed E-state index contributed by atoms with van der Waals surface area (Å²) >= 11 is 11.0. The summed E-state index contributed by atoms with van der Waals surface area (Å²) in [6, 6.07) is 12.7. The standard InChI is InChI=1S/C16H16BrClFNS/c1-2-20-16(14-9-11(17)3-8-15(14)19)10-21-13-6-4-12(18)5-7-13/h3-9,16,20H,2,10H2,1H3. The molecular formula is C16H16BrClFNS. The van der Waals surface area contributed by atoms with Crippen molar-refractivity contribution < 1.29 is 4.39 Å². The van der Waals surface area contributed by atoms with Gasteiger partial charge >= 0.3 is 0 Å². The summed E-state index contributed by atoms with van der Waals surface area (Å²) in [5.74, 6) is 0.573. The van der Waals surface area contributed by atoms with Crippen molar-refractivity contribution >= 4 is 39.3 Å². The summed E-state index contributed by atoms with van der Waals surface area (Å²) in [6.07, 6.45) is 0. The minimum absolute atomic E-state index is 0.0341. The van der Waals surface area contributed by atoms with Gasteiger partial charge in [0.25, 0.3) is 0 Å². The van der Waals surface area contributed by atoms with Crippen LogP contribution in [0.4, 0.5) is 4.39 Å². The monoisotopic (exact) mass is 387 g/mol. The Labute approximate surface area is 142 Å². The molecule has 0 spiro atoms. The second-order valence-corrected chi connectivity index (χ2v) is 6.99. The summed E-state index contributed by atoms with van der Waals surface area (Å²) in [5, 5.41) is 4.06. The molecule has 0 aromatic heterocycles. The van der Waals surface area contributed by atoms with Crippen LogP contribution in [0.25, 0.3) is 0 Å². The first-order chi connectivity index (χ1) is 10.1.